The average Bonchev–Trinajstić information content (AvgIpc) is 3.57. The molecule has 5 heteroatoms. The molecule has 13 rings (SSSR count). The molecule has 1 aliphatic carbocycles. The number of allylic oxidation sites excluding steroid dienone is 4. The highest BCUT2D eigenvalue weighted by molar-refractivity contribution is 5.90. The van der Waals surface area contributed by atoms with E-state index in [2.05, 4.69) is 226 Å². The second-order valence-corrected chi connectivity index (χ2v) is 19.9. The van der Waals surface area contributed by atoms with Crippen LogP contribution in [0.1, 0.15) is 29.0 Å². The lowest BCUT2D eigenvalue weighted by Crippen LogP contribution is -2.04. The lowest BCUT2D eigenvalue weighted by molar-refractivity contribution is 0.871. The Labute approximate surface area is 455 Å². The zero-order valence-corrected chi connectivity index (χ0v) is 42.7. The Morgan fingerprint density at radius 3 is 0.962 bits per heavy atom. The predicted octanol–water partition coefficient (Wildman–Crippen LogP) is 18.3. The highest BCUT2D eigenvalue weighted by Crippen LogP contribution is 2.42. The van der Waals surface area contributed by atoms with Crippen molar-refractivity contribution in [3.05, 3.63) is 309 Å². The van der Waals surface area contributed by atoms with Crippen molar-refractivity contribution in [2.75, 3.05) is 0 Å². The molecule has 0 saturated heterocycles. The van der Waals surface area contributed by atoms with Crippen LogP contribution in [0.5, 0.6) is 0 Å². The minimum Gasteiger partial charge on any atom is -0.264 e. The minimum absolute atomic E-state index is 0.144. The summed E-state index contributed by atoms with van der Waals surface area (Å²) in [6.07, 6.45) is 24.7. The first kappa shape index (κ1) is 47.5. The Hall–Kier alpha value is -10.2. The summed E-state index contributed by atoms with van der Waals surface area (Å²) in [5, 5.41) is 0. The molecule has 5 aromatic heterocycles. The average molecular weight is 998 g/mol. The van der Waals surface area contributed by atoms with Gasteiger partial charge in [0, 0.05) is 95.7 Å². The Bertz CT molecular complexity index is 4070. The number of aromatic nitrogens is 5. The van der Waals surface area contributed by atoms with Crippen molar-refractivity contribution in [1.29, 1.82) is 0 Å². The largest absolute Gasteiger partial charge is 0.264 e. The van der Waals surface area contributed by atoms with Gasteiger partial charge >= 0.3 is 0 Å². The van der Waals surface area contributed by atoms with Gasteiger partial charge in [0.25, 0.3) is 0 Å². The molecule has 0 spiro atoms. The van der Waals surface area contributed by atoms with E-state index in [-0.39, 0.29) is 5.92 Å². The standard InChI is InChI=1S/C73H51N5/c1-11-50(62-23-7-27-74-44-62)31-54(15-1)66-37-67(55-16-2-12-51(32-55)63-24-8-28-75-45-63)40-70(39-66)58-19-5-21-60(35-58)72-43-73(49-78-48-72)61-22-6-20-59(36-61)71-41-68(56-17-3-13-52(33-56)64-25-9-29-76-46-64)38-69(42-71)57-18-4-14-53(34-57)65-26-10-30-77-47-65/h1-37,39-49,68H,38H2. The van der Waals surface area contributed by atoms with Crippen LogP contribution in [0.3, 0.4) is 0 Å². The molecular weight excluding hydrogens is 947 g/mol. The number of pyridine rings is 5. The second-order valence-electron chi connectivity index (χ2n) is 19.9. The first-order valence-corrected chi connectivity index (χ1v) is 26.4. The Kier molecular flexibility index (Phi) is 13.1. The van der Waals surface area contributed by atoms with Crippen LogP contribution < -0.4 is 0 Å². The molecule has 78 heavy (non-hydrogen) atoms. The van der Waals surface area contributed by atoms with Crippen molar-refractivity contribution in [2.45, 2.75) is 12.3 Å². The zero-order valence-electron chi connectivity index (χ0n) is 42.7. The number of rotatable bonds is 12. The van der Waals surface area contributed by atoms with E-state index in [9.17, 15) is 0 Å². The summed E-state index contributed by atoms with van der Waals surface area (Å²) in [5.41, 5.74) is 26.1. The Balaban J connectivity index is 0.856. The van der Waals surface area contributed by atoms with Gasteiger partial charge in [0.1, 0.15) is 0 Å². The summed E-state index contributed by atoms with van der Waals surface area (Å²) in [4.78, 5) is 22.5. The van der Waals surface area contributed by atoms with Crippen molar-refractivity contribution >= 4 is 11.1 Å². The van der Waals surface area contributed by atoms with Crippen molar-refractivity contribution < 1.29 is 0 Å². The van der Waals surface area contributed by atoms with Crippen molar-refractivity contribution in [3.8, 4) is 100 Å². The summed E-state index contributed by atoms with van der Waals surface area (Å²) < 4.78 is 0. The van der Waals surface area contributed by atoms with Crippen molar-refractivity contribution in [3.63, 3.8) is 0 Å². The topological polar surface area (TPSA) is 64.5 Å². The van der Waals surface area contributed by atoms with E-state index >= 15 is 0 Å². The fourth-order valence-electron chi connectivity index (χ4n) is 10.8. The third-order valence-corrected chi connectivity index (χ3v) is 14.8. The lowest BCUT2D eigenvalue weighted by Gasteiger charge is -2.24. The van der Waals surface area contributed by atoms with E-state index in [1.807, 2.05) is 86.2 Å². The Morgan fingerprint density at radius 2 is 0.538 bits per heavy atom. The van der Waals surface area contributed by atoms with Gasteiger partial charge in [-0.1, -0.05) is 152 Å². The number of hydrogen-bond donors (Lipinski definition) is 0. The summed E-state index contributed by atoms with van der Waals surface area (Å²) in [6, 6.07) is 78.7. The molecule has 1 atom stereocenters. The molecule has 0 aliphatic heterocycles. The van der Waals surface area contributed by atoms with E-state index in [0.29, 0.717) is 0 Å². The fourth-order valence-corrected chi connectivity index (χ4v) is 10.8. The van der Waals surface area contributed by atoms with Gasteiger partial charge in [-0.2, -0.15) is 0 Å². The molecule has 0 fully saturated rings. The van der Waals surface area contributed by atoms with Gasteiger partial charge in [-0.15, -0.1) is 0 Å². The fraction of sp³-hybridized carbons (Fsp3) is 0.0274. The second kappa shape index (κ2) is 21.5. The molecular formula is C73H51N5. The highest BCUT2D eigenvalue weighted by atomic mass is 14.6. The smallest absolute Gasteiger partial charge is 0.0346 e. The predicted molar refractivity (Wildman–Crippen MR) is 321 cm³/mol. The van der Waals surface area contributed by atoms with Gasteiger partial charge in [0.15, 0.2) is 0 Å². The molecule has 368 valence electrons. The van der Waals surface area contributed by atoms with Gasteiger partial charge in [0.05, 0.1) is 0 Å². The van der Waals surface area contributed by atoms with E-state index < -0.39 is 0 Å². The molecule has 7 aromatic carbocycles. The van der Waals surface area contributed by atoms with Crippen molar-refractivity contribution in [2.24, 2.45) is 0 Å². The van der Waals surface area contributed by atoms with Gasteiger partial charge in [0.2, 0.25) is 0 Å². The minimum atomic E-state index is 0.144. The first-order chi connectivity index (χ1) is 38.6. The third kappa shape index (κ3) is 10.3. The molecule has 0 radical (unpaired) electrons. The molecule has 0 amide bonds. The lowest BCUT2D eigenvalue weighted by atomic mass is 9.80. The van der Waals surface area contributed by atoms with Crippen LogP contribution in [-0.2, 0) is 0 Å². The van der Waals surface area contributed by atoms with E-state index in [1.54, 1.807) is 0 Å². The van der Waals surface area contributed by atoms with Gasteiger partial charge in [-0.05, 0) is 185 Å². The maximum absolute atomic E-state index is 4.88. The van der Waals surface area contributed by atoms with Gasteiger partial charge in [-0.3, -0.25) is 24.9 Å². The SMILES string of the molecule is C1=C(c2cccc(-c3cncc(-c4cccc(-c5cc(-c6cccc(-c7cccnc7)c6)cc(-c6cccc(-c7cccnc7)c6)c5)c4)c3)c2)C=C(c2cccc(-c3cccnc3)c2)CC1c1cccc(-c2cccnc2)c1. The molecule has 1 unspecified atom stereocenters. The van der Waals surface area contributed by atoms with Crippen LogP contribution in [0.25, 0.3) is 111 Å². The van der Waals surface area contributed by atoms with Crippen LogP contribution in [0.2, 0.25) is 0 Å². The van der Waals surface area contributed by atoms with E-state index in [0.717, 1.165) is 112 Å². The van der Waals surface area contributed by atoms with Gasteiger partial charge < -0.3 is 0 Å². The number of nitrogens with zero attached hydrogens (tertiary/aromatic N) is 5. The van der Waals surface area contributed by atoms with Crippen LogP contribution in [0.15, 0.2) is 293 Å². The normalized spacial score (nSPS) is 13.1. The first-order valence-electron chi connectivity index (χ1n) is 26.4. The van der Waals surface area contributed by atoms with Gasteiger partial charge in [-0.25, -0.2) is 0 Å². The molecule has 1 aliphatic rings. The molecule has 0 N–H and O–H groups in total. The van der Waals surface area contributed by atoms with Crippen LogP contribution in [0.4, 0.5) is 0 Å². The number of benzene rings is 7. The van der Waals surface area contributed by atoms with E-state index in [1.165, 1.54) is 22.3 Å². The maximum atomic E-state index is 4.88. The summed E-state index contributed by atoms with van der Waals surface area (Å²) in [7, 11) is 0. The molecule has 0 saturated carbocycles. The quantitative estimate of drug-likeness (QED) is 0.122. The monoisotopic (exact) mass is 997 g/mol. The van der Waals surface area contributed by atoms with Crippen LogP contribution in [0, 0.1) is 0 Å². The van der Waals surface area contributed by atoms with E-state index in [4.69, 9.17) is 4.98 Å². The summed E-state index contributed by atoms with van der Waals surface area (Å²) in [6.45, 7) is 0. The zero-order chi connectivity index (χ0) is 52.0. The van der Waals surface area contributed by atoms with Crippen LogP contribution in [-0.4, -0.2) is 24.9 Å². The maximum Gasteiger partial charge on any atom is 0.0346 e. The molecule has 5 nitrogen and oxygen atoms in total. The molecule has 0 bridgehead atoms. The third-order valence-electron chi connectivity index (χ3n) is 14.8. The Morgan fingerprint density at radius 1 is 0.244 bits per heavy atom. The molecule has 5 heterocycles. The summed E-state index contributed by atoms with van der Waals surface area (Å²) >= 11 is 0. The molecule has 12 aromatic rings. The van der Waals surface area contributed by atoms with Crippen molar-refractivity contribution in [1.82, 2.24) is 24.9 Å². The summed E-state index contributed by atoms with van der Waals surface area (Å²) in [5.74, 6) is 0.144. The highest BCUT2D eigenvalue weighted by Gasteiger charge is 2.21. The van der Waals surface area contributed by atoms with Crippen LogP contribution >= 0.6 is 0 Å². The number of hydrogen-bond acceptors (Lipinski definition) is 5.